The fraction of sp³-hybridized carbons (Fsp3) is 0.312. The van der Waals surface area contributed by atoms with Crippen molar-refractivity contribution in [2.45, 2.75) is 33.4 Å². The predicted octanol–water partition coefficient (Wildman–Crippen LogP) is 2.65. The molecule has 0 amide bonds. The highest BCUT2D eigenvalue weighted by molar-refractivity contribution is 7.22. The van der Waals surface area contributed by atoms with Crippen molar-refractivity contribution >= 4 is 26.7 Å². The Labute approximate surface area is 136 Å². The Morgan fingerprint density at radius 1 is 1.35 bits per heavy atom. The summed E-state index contributed by atoms with van der Waals surface area (Å²) in [4.78, 5) is 30.6. The van der Waals surface area contributed by atoms with Crippen LogP contribution in [0.4, 0.5) is 5.13 Å². The molecule has 3 rings (SSSR count). The summed E-state index contributed by atoms with van der Waals surface area (Å²) in [5, 5.41) is 3.94. The third-order valence-electron chi connectivity index (χ3n) is 3.64. The molecular weight excluding hydrogens is 312 g/mol. The van der Waals surface area contributed by atoms with Gasteiger partial charge in [-0.25, -0.2) is 9.78 Å². The molecule has 0 saturated carbocycles. The number of nitrogens with zero attached hydrogens (tertiary/aromatic N) is 2. The predicted molar refractivity (Wildman–Crippen MR) is 93.4 cm³/mol. The van der Waals surface area contributed by atoms with Crippen molar-refractivity contribution in [3.8, 4) is 0 Å². The molecule has 0 fully saturated rings. The number of nitrogens with one attached hydrogen (secondary N) is 2. The molecule has 0 aliphatic heterocycles. The monoisotopic (exact) mass is 330 g/mol. The van der Waals surface area contributed by atoms with Gasteiger partial charge in [-0.15, -0.1) is 0 Å². The van der Waals surface area contributed by atoms with Gasteiger partial charge >= 0.3 is 5.69 Å². The molecule has 0 aliphatic rings. The van der Waals surface area contributed by atoms with Crippen molar-refractivity contribution in [2.75, 3.05) is 5.32 Å². The van der Waals surface area contributed by atoms with Gasteiger partial charge in [-0.1, -0.05) is 23.5 Å². The molecule has 0 aliphatic carbocycles. The summed E-state index contributed by atoms with van der Waals surface area (Å²) in [6.45, 7) is 6.16. The molecule has 2 heterocycles. The Bertz CT molecular complexity index is 968. The Morgan fingerprint density at radius 2 is 2.13 bits per heavy atom. The zero-order valence-corrected chi connectivity index (χ0v) is 14.0. The number of hydrogen-bond donors (Lipinski definition) is 2. The van der Waals surface area contributed by atoms with Crippen LogP contribution in [0, 0.1) is 6.92 Å². The molecule has 0 unspecified atom stereocenters. The number of benzene rings is 1. The number of thiazole rings is 1. The maximum atomic E-state index is 11.9. The Balaban J connectivity index is 1.87. The first-order chi connectivity index (χ1) is 11.0. The molecule has 0 spiro atoms. The van der Waals surface area contributed by atoms with Crippen molar-refractivity contribution in [1.29, 1.82) is 0 Å². The minimum atomic E-state index is -0.385. The quantitative estimate of drug-likeness (QED) is 0.771. The van der Waals surface area contributed by atoms with E-state index >= 15 is 0 Å². The van der Waals surface area contributed by atoms with E-state index < -0.39 is 0 Å². The average Bonchev–Trinajstić information content (AvgIpc) is 2.90. The number of aromatic amines is 1. The summed E-state index contributed by atoms with van der Waals surface area (Å²) in [5.74, 6) is 0. The van der Waals surface area contributed by atoms with E-state index in [-0.39, 0.29) is 17.3 Å². The summed E-state index contributed by atoms with van der Waals surface area (Å²) in [5.41, 5.74) is 1.88. The van der Waals surface area contributed by atoms with Crippen LogP contribution in [0.25, 0.3) is 10.2 Å². The van der Waals surface area contributed by atoms with Crippen LogP contribution in [-0.2, 0) is 6.54 Å². The molecule has 1 aromatic carbocycles. The minimum Gasteiger partial charge on any atom is -0.357 e. The molecule has 2 aromatic heterocycles. The van der Waals surface area contributed by atoms with Crippen LogP contribution in [0.5, 0.6) is 0 Å². The molecule has 0 atom stereocenters. The van der Waals surface area contributed by atoms with Crippen molar-refractivity contribution < 1.29 is 0 Å². The first-order valence-corrected chi connectivity index (χ1v) is 8.21. The van der Waals surface area contributed by atoms with E-state index in [1.165, 1.54) is 10.1 Å². The van der Waals surface area contributed by atoms with Gasteiger partial charge in [0.2, 0.25) is 0 Å². The molecular formula is C16H18N4O2S. The van der Waals surface area contributed by atoms with Gasteiger partial charge in [0.1, 0.15) is 0 Å². The lowest BCUT2D eigenvalue weighted by molar-refractivity contribution is 0.556. The van der Waals surface area contributed by atoms with Crippen molar-refractivity contribution in [2.24, 2.45) is 0 Å². The van der Waals surface area contributed by atoms with Crippen LogP contribution in [0.1, 0.15) is 31.0 Å². The Morgan fingerprint density at radius 3 is 2.83 bits per heavy atom. The Hall–Kier alpha value is -2.41. The van der Waals surface area contributed by atoms with Gasteiger partial charge in [0.05, 0.1) is 15.8 Å². The lowest BCUT2D eigenvalue weighted by Gasteiger charge is -2.10. The average molecular weight is 330 g/mol. The van der Waals surface area contributed by atoms with E-state index in [1.54, 1.807) is 17.5 Å². The highest BCUT2D eigenvalue weighted by Crippen LogP contribution is 2.28. The molecule has 120 valence electrons. The topological polar surface area (TPSA) is 79.8 Å². The van der Waals surface area contributed by atoms with Crippen LogP contribution in [0.15, 0.2) is 34.0 Å². The highest BCUT2D eigenvalue weighted by Gasteiger charge is 2.09. The van der Waals surface area contributed by atoms with Gasteiger partial charge < -0.3 is 5.32 Å². The summed E-state index contributed by atoms with van der Waals surface area (Å²) >= 11 is 1.56. The molecule has 6 nitrogen and oxygen atoms in total. The van der Waals surface area contributed by atoms with Gasteiger partial charge in [0, 0.05) is 18.8 Å². The minimum absolute atomic E-state index is 0.0109. The van der Waals surface area contributed by atoms with E-state index in [1.807, 2.05) is 39.0 Å². The second kappa shape index (κ2) is 6.00. The number of H-pyrrole nitrogens is 1. The molecule has 3 aromatic rings. The standard InChI is InChI=1S/C16H18N4O2S/c1-9(2)20-8-11(14(21)19-16(20)22)7-17-15-18-12-6-4-5-10(3)13(12)23-15/h4-6,8-9H,7H2,1-3H3,(H,17,18)(H,19,21,22). The highest BCUT2D eigenvalue weighted by atomic mass is 32.1. The molecule has 0 bridgehead atoms. The summed E-state index contributed by atoms with van der Waals surface area (Å²) in [6.07, 6.45) is 1.61. The van der Waals surface area contributed by atoms with E-state index in [4.69, 9.17) is 0 Å². The van der Waals surface area contributed by atoms with Crippen molar-refractivity contribution in [3.63, 3.8) is 0 Å². The fourth-order valence-corrected chi connectivity index (χ4v) is 3.30. The van der Waals surface area contributed by atoms with Gasteiger partial charge in [0.25, 0.3) is 5.56 Å². The van der Waals surface area contributed by atoms with E-state index in [2.05, 4.69) is 15.3 Å². The molecule has 0 radical (unpaired) electrons. The third-order valence-corrected chi connectivity index (χ3v) is 4.80. The van der Waals surface area contributed by atoms with Crippen LogP contribution in [0.3, 0.4) is 0 Å². The van der Waals surface area contributed by atoms with Crippen LogP contribution in [-0.4, -0.2) is 14.5 Å². The zero-order chi connectivity index (χ0) is 16.6. The zero-order valence-electron chi connectivity index (χ0n) is 13.2. The van der Waals surface area contributed by atoms with E-state index in [9.17, 15) is 9.59 Å². The third kappa shape index (κ3) is 3.05. The first-order valence-electron chi connectivity index (χ1n) is 7.40. The van der Waals surface area contributed by atoms with Gasteiger partial charge in [0.15, 0.2) is 5.13 Å². The fourth-order valence-electron chi connectivity index (χ4n) is 2.37. The second-order valence-corrected chi connectivity index (χ2v) is 6.71. The second-order valence-electron chi connectivity index (χ2n) is 5.71. The summed E-state index contributed by atoms with van der Waals surface area (Å²) in [6, 6.07) is 5.98. The van der Waals surface area contributed by atoms with E-state index in [0.717, 1.165) is 15.3 Å². The van der Waals surface area contributed by atoms with Crippen LogP contribution in [0.2, 0.25) is 0 Å². The number of rotatable bonds is 4. The number of anilines is 1. The van der Waals surface area contributed by atoms with Crippen molar-refractivity contribution in [1.82, 2.24) is 14.5 Å². The largest absolute Gasteiger partial charge is 0.357 e. The number of aryl methyl sites for hydroxylation is 1. The van der Waals surface area contributed by atoms with E-state index in [0.29, 0.717) is 12.1 Å². The molecule has 23 heavy (non-hydrogen) atoms. The maximum Gasteiger partial charge on any atom is 0.328 e. The lowest BCUT2D eigenvalue weighted by atomic mass is 10.2. The number of aromatic nitrogens is 3. The maximum absolute atomic E-state index is 11.9. The lowest BCUT2D eigenvalue weighted by Crippen LogP contribution is -2.33. The number of fused-ring (bicyclic) bond motifs is 1. The molecule has 0 saturated heterocycles. The van der Waals surface area contributed by atoms with Crippen LogP contribution >= 0.6 is 11.3 Å². The molecule has 7 heteroatoms. The smallest absolute Gasteiger partial charge is 0.328 e. The summed E-state index contributed by atoms with van der Waals surface area (Å²) in [7, 11) is 0. The van der Waals surface area contributed by atoms with Gasteiger partial charge in [-0.3, -0.25) is 14.3 Å². The normalized spacial score (nSPS) is 11.3. The van der Waals surface area contributed by atoms with Crippen LogP contribution < -0.4 is 16.6 Å². The Kier molecular flexibility index (Phi) is 4.04. The van der Waals surface area contributed by atoms with Gasteiger partial charge in [-0.05, 0) is 32.4 Å². The first kappa shape index (κ1) is 15.5. The SMILES string of the molecule is Cc1cccc2nc(NCc3cn(C(C)C)c(=O)[nH]c3=O)sc12. The van der Waals surface area contributed by atoms with Crippen molar-refractivity contribution in [3.05, 3.63) is 56.4 Å². The number of hydrogen-bond acceptors (Lipinski definition) is 5. The summed E-state index contributed by atoms with van der Waals surface area (Å²) < 4.78 is 2.65. The van der Waals surface area contributed by atoms with Gasteiger partial charge in [-0.2, -0.15) is 0 Å². The molecule has 2 N–H and O–H groups in total.